The van der Waals surface area contributed by atoms with Crippen molar-refractivity contribution in [3.05, 3.63) is 47.8 Å². The van der Waals surface area contributed by atoms with Crippen LogP contribution in [-0.4, -0.2) is 21.4 Å². The maximum absolute atomic E-state index is 5.20. The molecular formula is C15H20N4S. The highest BCUT2D eigenvalue weighted by Gasteiger charge is 2.03. The minimum Gasteiger partial charge on any atom is -0.362 e. The van der Waals surface area contributed by atoms with Crippen LogP contribution in [0.4, 0.5) is 5.69 Å². The number of hydrogen-bond acceptors (Lipinski definition) is 2. The van der Waals surface area contributed by atoms with Gasteiger partial charge in [0.25, 0.3) is 0 Å². The van der Waals surface area contributed by atoms with Crippen LogP contribution in [0.5, 0.6) is 0 Å². The summed E-state index contributed by atoms with van der Waals surface area (Å²) in [5, 5.41) is 11.3. The Labute approximate surface area is 125 Å². The maximum Gasteiger partial charge on any atom is 0.170 e. The van der Waals surface area contributed by atoms with Crippen LogP contribution in [0.15, 0.2) is 36.7 Å². The van der Waals surface area contributed by atoms with Gasteiger partial charge in [-0.25, -0.2) is 0 Å². The lowest BCUT2D eigenvalue weighted by molar-refractivity contribution is 0.684. The highest BCUT2D eigenvalue weighted by atomic mass is 32.1. The molecule has 0 saturated carbocycles. The van der Waals surface area contributed by atoms with Crippen molar-refractivity contribution in [3.8, 4) is 0 Å². The first-order valence-electron chi connectivity index (χ1n) is 6.81. The van der Waals surface area contributed by atoms with Crippen molar-refractivity contribution in [2.45, 2.75) is 26.8 Å². The first-order chi connectivity index (χ1) is 9.69. The van der Waals surface area contributed by atoms with E-state index >= 15 is 0 Å². The van der Waals surface area contributed by atoms with E-state index in [1.165, 1.54) is 11.1 Å². The highest BCUT2D eigenvalue weighted by molar-refractivity contribution is 7.80. The number of hydrogen-bond donors (Lipinski definition) is 2. The average Bonchev–Trinajstić information content (AvgIpc) is 2.86. The highest BCUT2D eigenvalue weighted by Crippen LogP contribution is 2.11. The van der Waals surface area contributed by atoms with E-state index in [0.29, 0.717) is 5.11 Å². The van der Waals surface area contributed by atoms with Gasteiger partial charge in [0.05, 0.1) is 18.4 Å². The van der Waals surface area contributed by atoms with Crippen LogP contribution in [-0.2, 0) is 6.54 Å². The summed E-state index contributed by atoms with van der Waals surface area (Å²) in [5.41, 5.74) is 3.46. The number of nitrogens with one attached hydrogen (secondary N) is 2. The van der Waals surface area contributed by atoms with Crippen molar-refractivity contribution >= 4 is 23.0 Å². The third-order valence-corrected chi connectivity index (χ3v) is 3.27. The lowest BCUT2D eigenvalue weighted by Gasteiger charge is -2.07. The van der Waals surface area contributed by atoms with Crippen LogP contribution in [0.25, 0.3) is 0 Å². The molecule has 0 atom stereocenters. The molecule has 0 aliphatic carbocycles. The zero-order chi connectivity index (χ0) is 14.4. The van der Waals surface area contributed by atoms with E-state index in [2.05, 4.69) is 47.8 Å². The number of aromatic nitrogens is 2. The summed E-state index contributed by atoms with van der Waals surface area (Å²) in [4.78, 5) is 0. The fourth-order valence-corrected chi connectivity index (χ4v) is 2.11. The van der Waals surface area contributed by atoms with E-state index < -0.39 is 0 Å². The van der Waals surface area contributed by atoms with Gasteiger partial charge in [0.2, 0.25) is 0 Å². The van der Waals surface area contributed by atoms with Gasteiger partial charge in [0.1, 0.15) is 0 Å². The zero-order valence-electron chi connectivity index (χ0n) is 11.9. The van der Waals surface area contributed by atoms with Gasteiger partial charge in [-0.1, -0.05) is 31.2 Å². The van der Waals surface area contributed by atoms with Gasteiger partial charge in [-0.3, -0.25) is 4.68 Å². The molecule has 1 heterocycles. The van der Waals surface area contributed by atoms with Crippen LogP contribution in [0.2, 0.25) is 0 Å². The molecule has 4 nitrogen and oxygen atoms in total. The molecule has 0 bridgehead atoms. The molecule has 0 unspecified atom stereocenters. The summed E-state index contributed by atoms with van der Waals surface area (Å²) in [5.74, 6) is 0. The van der Waals surface area contributed by atoms with Gasteiger partial charge in [-0.05, 0) is 36.7 Å². The molecule has 0 spiro atoms. The molecule has 5 heteroatoms. The number of nitrogens with zero attached hydrogens (tertiary/aromatic N) is 2. The Kier molecular flexibility index (Phi) is 5.12. The molecule has 0 amide bonds. The SMILES string of the molecule is CCCNC(=S)Nc1cnn(Cc2ccccc2C)c1. The summed E-state index contributed by atoms with van der Waals surface area (Å²) >= 11 is 5.20. The van der Waals surface area contributed by atoms with E-state index in [1.807, 2.05) is 16.9 Å². The fourth-order valence-electron chi connectivity index (χ4n) is 1.89. The third-order valence-electron chi connectivity index (χ3n) is 3.02. The van der Waals surface area contributed by atoms with Gasteiger partial charge < -0.3 is 10.6 Å². The van der Waals surface area contributed by atoms with Gasteiger partial charge in [0, 0.05) is 12.7 Å². The molecule has 106 valence electrons. The van der Waals surface area contributed by atoms with Gasteiger partial charge in [-0.15, -0.1) is 0 Å². The van der Waals surface area contributed by atoms with Crippen molar-refractivity contribution in [1.82, 2.24) is 15.1 Å². The van der Waals surface area contributed by atoms with Crippen LogP contribution < -0.4 is 10.6 Å². The van der Waals surface area contributed by atoms with Crippen molar-refractivity contribution < 1.29 is 0 Å². The maximum atomic E-state index is 5.20. The Hall–Kier alpha value is -1.88. The predicted molar refractivity (Wildman–Crippen MR) is 87.0 cm³/mol. The Morgan fingerprint density at radius 3 is 2.90 bits per heavy atom. The second-order valence-corrected chi connectivity index (χ2v) is 5.14. The van der Waals surface area contributed by atoms with Crippen molar-refractivity contribution in [2.24, 2.45) is 0 Å². The Morgan fingerprint density at radius 2 is 2.15 bits per heavy atom. The summed E-state index contributed by atoms with van der Waals surface area (Å²) in [6.45, 7) is 5.87. The van der Waals surface area contributed by atoms with Gasteiger partial charge in [0.15, 0.2) is 5.11 Å². The Bertz CT molecular complexity index is 577. The molecule has 0 aliphatic rings. The van der Waals surface area contributed by atoms with E-state index in [1.54, 1.807) is 6.20 Å². The largest absolute Gasteiger partial charge is 0.362 e. The monoisotopic (exact) mass is 288 g/mol. The standard InChI is InChI=1S/C15H20N4S/c1-3-8-16-15(20)18-14-9-17-19(11-14)10-13-7-5-4-6-12(13)2/h4-7,9,11H,3,8,10H2,1-2H3,(H2,16,18,20). The summed E-state index contributed by atoms with van der Waals surface area (Å²) < 4.78 is 1.91. The number of rotatable bonds is 5. The van der Waals surface area contributed by atoms with E-state index in [-0.39, 0.29) is 0 Å². The second-order valence-electron chi connectivity index (χ2n) is 4.73. The zero-order valence-corrected chi connectivity index (χ0v) is 12.7. The van der Waals surface area contributed by atoms with Crippen LogP contribution in [0.1, 0.15) is 24.5 Å². The summed E-state index contributed by atoms with van der Waals surface area (Å²) in [7, 11) is 0. The number of benzene rings is 1. The molecule has 1 aromatic carbocycles. The minimum atomic E-state index is 0.641. The quantitative estimate of drug-likeness (QED) is 0.830. The first kappa shape index (κ1) is 14.5. The van der Waals surface area contributed by atoms with Crippen molar-refractivity contribution in [2.75, 3.05) is 11.9 Å². The Morgan fingerprint density at radius 1 is 1.35 bits per heavy atom. The van der Waals surface area contributed by atoms with E-state index in [9.17, 15) is 0 Å². The fraction of sp³-hybridized carbons (Fsp3) is 0.333. The van der Waals surface area contributed by atoms with Crippen LogP contribution in [0.3, 0.4) is 0 Å². The van der Waals surface area contributed by atoms with Gasteiger partial charge in [-0.2, -0.15) is 5.10 Å². The molecule has 0 aliphatic heterocycles. The average molecular weight is 288 g/mol. The second kappa shape index (κ2) is 7.05. The normalized spacial score (nSPS) is 10.3. The lowest BCUT2D eigenvalue weighted by Crippen LogP contribution is -2.28. The van der Waals surface area contributed by atoms with E-state index in [4.69, 9.17) is 12.2 Å². The molecule has 2 rings (SSSR count). The molecular weight excluding hydrogens is 268 g/mol. The smallest absolute Gasteiger partial charge is 0.170 e. The molecule has 1 aromatic heterocycles. The molecule has 2 aromatic rings. The molecule has 2 N–H and O–H groups in total. The molecule has 0 fully saturated rings. The van der Waals surface area contributed by atoms with E-state index in [0.717, 1.165) is 25.2 Å². The topological polar surface area (TPSA) is 41.9 Å². The van der Waals surface area contributed by atoms with Crippen molar-refractivity contribution in [3.63, 3.8) is 0 Å². The minimum absolute atomic E-state index is 0.641. The van der Waals surface area contributed by atoms with Crippen molar-refractivity contribution in [1.29, 1.82) is 0 Å². The van der Waals surface area contributed by atoms with Gasteiger partial charge >= 0.3 is 0 Å². The summed E-state index contributed by atoms with van der Waals surface area (Å²) in [6.07, 6.45) is 4.80. The number of anilines is 1. The first-order valence-corrected chi connectivity index (χ1v) is 7.21. The number of aryl methyl sites for hydroxylation is 1. The molecule has 0 saturated heterocycles. The Balaban J connectivity index is 1.96. The van der Waals surface area contributed by atoms with Crippen LogP contribution >= 0.6 is 12.2 Å². The number of thiocarbonyl (C=S) groups is 1. The lowest BCUT2D eigenvalue weighted by atomic mass is 10.1. The molecule has 0 radical (unpaired) electrons. The predicted octanol–water partition coefficient (Wildman–Crippen LogP) is 2.94. The molecule has 20 heavy (non-hydrogen) atoms. The summed E-state index contributed by atoms with van der Waals surface area (Å²) in [6, 6.07) is 8.33. The van der Waals surface area contributed by atoms with Crippen LogP contribution in [0, 0.1) is 6.92 Å². The third kappa shape index (κ3) is 4.06.